The minimum atomic E-state index is -0.494. The van der Waals surface area contributed by atoms with E-state index in [1.807, 2.05) is 37.6 Å². The lowest BCUT2D eigenvalue weighted by Crippen LogP contribution is -2.50. The van der Waals surface area contributed by atoms with E-state index in [2.05, 4.69) is 4.98 Å². The molecule has 134 valence electrons. The summed E-state index contributed by atoms with van der Waals surface area (Å²) < 4.78 is 5.52. The maximum atomic E-state index is 12.4. The van der Waals surface area contributed by atoms with E-state index < -0.39 is 5.60 Å². The van der Waals surface area contributed by atoms with Crippen LogP contribution in [0.25, 0.3) is 0 Å². The number of nitrogens with zero attached hydrogens (tertiary/aromatic N) is 3. The SMILES string of the molecule is CN(CC(=O)c1nccs1)C[C@H]1CCCCN1C(=O)OC(C)(C)C. The van der Waals surface area contributed by atoms with Gasteiger partial charge in [-0.1, -0.05) is 0 Å². The standard InChI is InChI=1S/C17H27N3O3S/c1-17(2,3)23-16(22)20-9-6-5-7-13(20)11-19(4)12-14(21)15-18-8-10-24-15/h8,10,13H,5-7,9,11-12H2,1-4H3/t13-/m1/s1. The van der Waals surface area contributed by atoms with Crippen LogP contribution in [0.4, 0.5) is 4.79 Å². The fourth-order valence-corrected chi connectivity index (χ4v) is 3.42. The Kier molecular flexibility index (Phi) is 6.34. The number of hydrogen-bond acceptors (Lipinski definition) is 6. The molecule has 6 nitrogen and oxygen atoms in total. The first-order valence-electron chi connectivity index (χ1n) is 8.37. The predicted molar refractivity (Wildman–Crippen MR) is 94.5 cm³/mol. The van der Waals surface area contributed by atoms with Gasteiger partial charge in [-0.3, -0.25) is 9.69 Å². The molecule has 24 heavy (non-hydrogen) atoms. The van der Waals surface area contributed by atoms with Gasteiger partial charge in [0.25, 0.3) is 0 Å². The topological polar surface area (TPSA) is 62.7 Å². The fraction of sp³-hybridized carbons (Fsp3) is 0.706. The average molecular weight is 353 g/mol. The fourth-order valence-electron chi connectivity index (χ4n) is 2.85. The molecular weight excluding hydrogens is 326 g/mol. The van der Waals surface area contributed by atoms with Crippen LogP contribution in [-0.4, -0.2) is 65.0 Å². The third-order valence-corrected chi connectivity index (χ3v) is 4.68. The monoisotopic (exact) mass is 353 g/mol. The minimum absolute atomic E-state index is 0.0205. The molecule has 1 aromatic rings. The molecule has 1 aliphatic rings. The number of Topliss-reactive ketones (excluding diaryl/α,β-unsaturated/α-hetero) is 1. The number of rotatable bonds is 5. The van der Waals surface area contributed by atoms with Gasteiger partial charge in [0.2, 0.25) is 5.78 Å². The molecule has 2 heterocycles. The van der Waals surface area contributed by atoms with Crippen LogP contribution in [0.1, 0.15) is 49.8 Å². The number of likely N-dealkylation sites (tertiary alicyclic amines) is 1. The van der Waals surface area contributed by atoms with Gasteiger partial charge >= 0.3 is 6.09 Å². The zero-order valence-corrected chi connectivity index (χ0v) is 15.8. The molecular formula is C17H27N3O3S. The molecule has 0 saturated carbocycles. The van der Waals surface area contributed by atoms with Crippen molar-refractivity contribution in [1.29, 1.82) is 0 Å². The molecule has 1 saturated heterocycles. The molecule has 1 amide bonds. The highest BCUT2D eigenvalue weighted by Gasteiger charge is 2.31. The molecule has 0 bridgehead atoms. The highest BCUT2D eigenvalue weighted by atomic mass is 32.1. The second kappa shape index (κ2) is 8.07. The van der Waals surface area contributed by atoms with Crippen LogP contribution >= 0.6 is 11.3 Å². The maximum Gasteiger partial charge on any atom is 0.410 e. The van der Waals surface area contributed by atoms with Crippen LogP contribution in [0.15, 0.2) is 11.6 Å². The van der Waals surface area contributed by atoms with E-state index in [0.29, 0.717) is 24.6 Å². The molecule has 0 aromatic carbocycles. The quantitative estimate of drug-likeness (QED) is 0.761. The minimum Gasteiger partial charge on any atom is -0.444 e. The Bertz CT molecular complexity index is 554. The van der Waals surface area contributed by atoms with Crippen molar-refractivity contribution in [3.8, 4) is 0 Å². The lowest BCUT2D eigenvalue weighted by molar-refractivity contribution is 0.00638. The van der Waals surface area contributed by atoms with Crippen molar-refractivity contribution in [3.05, 3.63) is 16.6 Å². The molecule has 1 aromatic heterocycles. The average Bonchev–Trinajstić information content (AvgIpc) is 3.00. The van der Waals surface area contributed by atoms with Gasteiger partial charge in [0.1, 0.15) is 5.60 Å². The first-order valence-corrected chi connectivity index (χ1v) is 9.25. The van der Waals surface area contributed by atoms with Gasteiger partial charge in [-0.15, -0.1) is 11.3 Å². The Morgan fingerprint density at radius 3 is 2.79 bits per heavy atom. The summed E-state index contributed by atoms with van der Waals surface area (Å²) in [6.07, 6.45) is 4.42. The largest absolute Gasteiger partial charge is 0.444 e. The normalized spacial score (nSPS) is 18.7. The molecule has 0 spiro atoms. The van der Waals surface area contributed by atoms with Gasteiger partial charge in [0.05, 0.1) is 6.54 Å². The van der Waals surface area contributed by atoms with Gasteiger partial charge in [-0.25, -0.2) is 9.78 Å². The number of ether oxygens (including phenoxy) is 1. The third-order valence-electron chi connectivity index (χ3n) is 3.86. The Morgan fingerprint density at radius 2 is 2.17 bits per heavy atom. The number of piperidine rings is 1. The van der Waals surface area contributed by atoms with Crippen molar-refractivity contribution in [2.45, 2.75) is 51.7 Å². The lowest BCUT2D eigenvalue weighted by atomic mass is 10.0. The molecule has 1 aliphatic heterocycles. The molecule has 0 radical (unpaired) electrons. The van der Waals surface area contributed by atoms with Crippen molar-refractivity contribution < 1.29 is 14.3 Å². The van der Waals surface area contributed by atoms with Crippen LogP contribution in [-0.2, 0) is 4.74 Å². The molecule has 0 unspecified atom stereocenters. The lowest BCUT2D eigenvalue weighted by Gasteiger charge is -2.38. The second-order valence-corrected chi connectivity index (χ2v) is 8.18. The number of hydrogen-bond donors (Lipinski definition) is 0. The van der Waals surface area contributed by atoms with Crippen LogP contribution in [0.3, 0.4) is 0 Å². The summed E-state index contributed by atoms with van der Waals surface area (Å²) in [6, 6.07) is 0.0858. The summed E-state index contributed by atoms with van der Waals surface area (Å²) in [5, 5.41) is 2.34. The first kappa shape index (κ1) is 18.9. The molecule has 7 heteroatoms. The summed E-state index contributed by atoms with van der Waals surface area (Å²) >= 11 is 1.36. The second-order valence-electron chi connectivity index (χ2n) is 7.28. The molecule has 0 aliphatic carbocycles. The highest BCUT2D eigenvalue weighted by molar-refractivity contribution is 7.11. The number of aromatic nitrogens is 1. The number of likely N-dealkylation sites (N-methyl/N-ethyl adjacent to an activating group) is 1. The van der Waals surface area contributed by atoms with E-state index in [9.17, 15) is 9.59 Å². The van der Waals surface area contributed by atoms with Crippen LogP contribution in [0.5, 0.6) is 0 Å². The Morgan fingerprint density at radius 1 is 1.42 bits per heavy atom. The van der Waals surface area contributed by atoms with E-state index in [4.69, 9.17) is 4.74 Å². The van der Waals surface area contributed by atoms with Crippen LogP contribution in [0.2, 0.25) is 0 Å². The van der Waals surface area contributed by atoms with E-state index in [1.54, 1.807) is 11.6 Å². The van der Waals surface area contributed by atoms with E-state index in [1.165, 1.54) is 11.3 Å². The summed E-state index contributed by atoms with van der Waals surface area (Å²) in [5.41, 5.74) is -0.494. The molecule has 0 N–H and O–H groups in total. The van der Waals surface area contributed by atoms with E-state index in [0.717, 1.165) is 19.3 Å². The van der Waals surface area contributed by atoms with Crippen molar-refractivity contribution >= 4 is 23.2 Å². The smallest absolute Gasteiger partial charge is 0.410 e. The van der Waals surface area contributed by atoms with E-state index in [-0.39, 0.29) is 17.9 Å². The molecule has 1 atom stereocenters. The Hall–Kier alpha value is -1.47. The Balaban J connectivity index is 1.92. The maximum absolute atomic E-state index is 12.4. The Labute approximate surface area is 147 Å². The van der Waals surface area contributed by atoms with Crippen LogP contribution in [0, 0.1) is 0 Å². The number of amides is 1. The van der Waals surface area contributed by atoms with Crippen molar-refractivity contribution in [3.63, 3.8) is 0 Å². The van der Waals surface area contributed by atoms with Gasteiger partial charge in [0.15, 0.2) is 5.01 Å². The molecule has 1 fully saturated rings. The number of ketones is 1. The number of thiazole rings is 1. The zero-order valence-electron chi connectivity index (χ0n) is 14.9. The van der Waals surface area contributed by atoms with Crippen molar-refractivity contribution in [2.75, 3.05) is 26.7 Å². The third kappa shape index (κ3) is 5.56. The molecule has 2 rings (SSSR count). The van der Waals surface area contributed by atoms with Gasteiger partial charge in [-0.2, -0.15) is 0 Å². The number of carbonyl (C=O) groups is 2. The first-order chi connectivity index (χ1) is 11.3. The van der Waals surface area contributed by atoms with Crippen molar-refractivity contribution in [2.24, 2.45) is 0 Å². The van der Waals surface area contributed by atoms with Gasteiger partial charge in [-0.05, 0) is 47.1 Å². The summed E-state index contributed by atoms with van der Waals surface area (Å²) in [4.78, 5) is 32.4. The summed E-state index contributed by atoms with van der Waals surface area (Å²) in [7, 11) is 1.91. The predicted octanol–water partition coefficient (Wildman–Crippen LogP) is 3.05. The van der Waals surface area contributed by atoms with Crippen LogP contribution < -0.4 is 0 Å². The zero-order chi connectivity index (χ0) is 17.7. The summed E-state index contributed by atoms with van der Waals surface area (Å²) in [5.74, 6) is 0.0205. The number of carbonyl (C=O) groups excluding carboxylic acids is 2. The van der Waals surface area contributed by atoms with Gasteiger partial charge in [0, 0.05) is 30.7 Å². The summed E-state index contributed by atoms with van der Waals surface area (Å²) in [6.45, 7) is 7.32. The van der Waals surface area contributed by atoms with Gasteiger partial charge < -0.3 is 9.64 Å². The highest BCUT2D eigenvalue weighted by Crippen LogP contribution is 2.21. The van der Waals surface area contributed by atoms with E-state index >= 15 is 0 Å². The van der Waals surface area contributed by atoms with Crippen molar-refractivity contribution in [1.82, 2.24) is 14.8 Å².